The summed E-state index contributed by atoms with van der Waals surface area (Å²) in [6.45, 7) is 3.77. The van der Waals surface area contributed by atoms with Gasteiger partial charge in [-0.3, -0.25) is 4.74 Å². The zero-order valence-electron chi connectivity index (χ0n) is 10.2. The Morgan fingerprint density at radius 2 is 1.53 bits per heavy atom. The molecule has 7 heteroatoms. The summed E-state index contributed by atoms with van der Waals surface area (Å²) in [5, 5.41) is 0. The average molecular weight is 264 g/mol. The molecule has 17 heavy (non-hydrogen) atoms. The van der Waals surface area contributed by atoms with E-state index in [-0.39, 0.29) is 5.92 Å². The Morgan fingerprint density at radius 1 is 1.06 bits per heavy atom. The number of halogens is 5. The molecule has 0 saturated heterocycles. The standard InChI is InChI=1S/C10H17F5O2/c1-5-7(2)6-16-10(14,15)17-9(12,13)8(3,4)11/h7H,5-6H2,1-4H3. The van der Waals surface area contributed by atoms with E-state index in [4.69, 9.17) is 0 Å². The van der Waals surface area contributed by atoms with Gasteiger partial charge in [-0.25, -0.2) is 9.13 Å². The number of hydrogen-bond donors (Lipinski definition) is 0. The molecule has 0 heterocycles. The third kappa shape index (κ3) is 5.63. The first-order valence-corrected chi connectivity index (χ1v) is 5.20. The van der Waals surface area contributed by atoms with Crippen molar-refractivity contribution < 1.29 is 31.4 Å². The van der Waals surface area contributed by atoms with Crippen molar-refractivity contribution in [3.05, 3.63) is 0 Å². The molecule has 0 aromatic carbocycles. The lowest BCUT2D eigenvalue weighted by Gasteiger charge is -2.29. The summed E-state index contributed by atoms with van der Waals surface area (Å²) >= 11 is 0. The fourth-order valence-electron chi connectivity index (χ4n) is 0.657. The monoisotopic (exact) mass is 264 g/mol. The molecule has 0 radical (unpaired) electrons. The van der Waals surface area contributed by atoms with Gasteiger partial charge in [-0.15, -0.1) is 8.78 Å². The molecule has 0 aliphatic rings. The van der Waals surface area contributed by atoms with E-state index in [1.54, 1.807) is 13.8 Å². The summed E-state index contributed by atoms with van der Waals surface area (Å²) in [6.07, 6.45) is -8.61. The van der Waals surface area contributed by atoms with Gasteiger partial charge in [-0.05, 0) is 19.8 Å². The predicted molar refractivity (Wildman–Crippen MR) is 51.6 cm³/mol. The molecule has 0 saturated carbocycles. The Bertz CT molecular complexity index is 237. The molecule has 2 nitrogen and oxygen atoms in total. The van der Waals surface area contributed by atoms with Gasteiger partial charge in [0.15, 0.2) is 5.67 Å². The summed E-state index contributed by atoms with van der Waals surface area (Å²) in [7, 11) is 0. The zero-order valence-corrected chi connectivity index (χ0v) is 10.2. The van der Waals surface area contributed by atoms with Crippen LogP contribution in [0.4, 0.5) is 22.0 Å². The first kappa shape index (κ1) is 16.6. The van der Waals surface area contributed by atoms with E-state index in [1.165, 1.54) is 0 Å². The number of hydrogen-bond acceptors (Lipinski definition) is 2. The molecular formula is C10H17F5O2. The molecule has 104 valence electrons. The zero-order chi connectivity index (χ0) is 13.9. The van der Waals surface area contributed by atoms with Crippen LogP contribution in [-0.4, -0.2) is 24.7 Å². The average Bonchev–Trinajstić information content (AvgIpc) is 2.10. The Kier molecular flexibility index (Phi) is 5.34. The van der Waals surface area contributed by atoms with Crippen LogP contribution < -0.4 is 0 Å². The predicted octanol–water partition coefficient (Wildman–Crippen LogP) is 3.96. The topological polar surface area (TPSA) is 18.5 Å². The van der Waals surface area contributed by atoms with Gasteiger partial charge in [0.05, 0.1) is 6.61 Å². The van der Waals surface area contributed by atoms with Crippen molar-refractivity contribution in [3.63, 3.8) is 0 Å². The Balaban J connectivity index is 4.44. The van der Waals surface area contributed by atoms with Crippen molar-refractivity contribution in [3.8, 4) is 0 Å². The maximum atomic E-state index is 12.9. The van der Waals surface area contributed by atoms with Crippen molar-refractivity contribution in [2.75, 3.05) is 6.61 Å². The normalized spacial score (nSPS) is 16.1. The van der Waals surface area contributed by atoms with Crippen molar-refractivity contribution in [2.24, 2.45) is 5.92 Å². The van der Waals surface area contributed by atoms with Gasteiger partial charge in [0, 0.05) is 0 Å². The summed E-state index contributed by atoms with van der Waals surface area (Å²) in [5.74, 6) is -0.239. The minimum Gasteiger partial charge on any atom is -0.295 e. The molecule has 0 aliphatic carbocycles. The van der Waals surface area contributed by atoms with Crippen LogP contribution in [0.1, 0.15) is 34.1 Å². The minimum absolute atomic E-state index is 0.239. The first-order valence-electron chi connectivity index (χ1n) is 5.20. The number of alkyl halides is 5. The number of ether oxygens (including phenoxy) is 2. The molecule has 0 aromatic heterocycles. The van der Waals surface area contributed by atoms with E-state index >= 15 is 0 Å². The van der Waals surface area contributed by atoms with E-state index in [2.05, 4.69) is 9.47 Å². The van der Waals surface area contributed by atoms with Crippen LogP contribution in [-0.2, 0) is 9.47 Å². The summed E-state index contributed by atoms with van der Waals surface area (Å²) in [6, 6.07) is 0. The fraction of sp³-hybridized carbons (Fsp3) is 1.00. The highest BCUT2D eigenvalue weighted by molar-refractivity contribution is 4.77. The molecular weight excluding hydrogens is 247 g/mol. The molecule has 1 unspecified atom stereocenters. The van der Waals surface area contributed by atoms with Gasteiger partial charge in [0.2, 0.25) is 0 Å². The van der Waals surface area contributed by atoms with Crippen LogP contribution in [0.25, 0.3) is 0 Å². The fourth-order valence-corrected chi connectivity index (χ4v) is 0.657. The molecule has 0 fully saturated rings. The minimum atomic E-state index is -4.63. The van der Waals surface area contributed by atoms with Crippen molar-refractivity contribution in [1.29, 1.82) is 0 Å². The Hall–Kier alpha value is -0.430. The van der Waals surface area contributed by atoms with Gasteiger partial charge in [0.1, 0.15) is 0 Å². The van der Waals surface area contributed by atoms with Crippen molar-refractivity contribution in [1.82, 2.24) is 0 Å². The second kappa shape index (κ2) is 5.48. The molecule has 0 bridgehead atoms. The Labute approximate surface area is 97.1 Å². The SMILES string of the molecule is CCC(C)COC(F)(F)OC(F)(F)C(C)(C)F. The van der Waals surface area contributed by atoms with Crippen molar-refractivity contribution in [2.45, 2.75) is 52.2 Å². The van der Waals surface area contributed by atoms with Crippen LogP contribution in [0.2, 0.25) is 0 Å². The molecule has 0 spiro atoms. The van der Waals surface area contributed by atoms with Gasteiger partial charge < -0.3 is 0 Å². The van der Waals surface area contributed by atoms with Gasteiger partial charge in [-0.2, -0.15) is 8.78 Å². The van der Waals surface area contributed by atoms with E-state index in [1.807, 2.05) is 0 Å². The summed E-state index contributed by atoms with van der Waals surface area (Å²) < 4.78 is 71.4. The lowest BCUT2D eigenvalue weighted by Crippen LogP contribution is -2.47. The van der Waals surface area contributed by atoms with Crippen LogP contribution >= 0.6 is 0 Å². The maximum absolute atomic E-state index is 12.9. The maximum Gasteiger partial charge on any atom is 0.490 e. The van der Waals surface area contributed by atoms with Gasteiger partial charge in [-0.1, -0.05) is 20.3 Å². The third-order valence-corrected chi connectivity index (χ3v) is 2.17. The van der Waals surface area contributed by atoms with Crippen LogP contribution in [0.5, 0.6) is 0 Å². The molecule has 0 aromatic rings. The highest BCUT2D eigenvalue weighted by atomic mass is 19.3. The van der Waals surface area contributed by atoms with E-state index in [0.29, 0.717) is 20.3 Å². The molecule has 0 N–H and O–H groups in total. The van der Waals surface area contributed by atoms with Crippen LogP contribution in [0.3, 0.4) is 0 Å². The highest BCUT2D eigenvalue weighted by Crippen LogP contribution is 2.38. The molecule has 0 rings (SSSR count). The third-order valence-electron chi connectivity index (χ3n) is 2.17. The molecule has 0 amide bonds. The van der Waals surface area contributed by atoms with Crippen LogP contribution in [0, 0.1) is 5.92 Å². The lowest BCUT2D eigenvalue weighted by atomic mass is 10.1. The smallest absolute Gasteiger partial charge is 0.295 e. The second-order valence-electron chi connectivity index (χ2n) is 4.38. The highest BCUT2D eigenvalue weighted by Gasteiger charge is 2.56. The molecule has 1 atom stereocenters. The van der Waals surface area contributed by atoms with E-state index in [0.717, 1.165) is 0 Å². The summed E-state index contributed by atoms with van der Waals surface area (Å²) in [4.78, 5) is 0. The Morgan fingerprint density at radius 3 is 1.88 bits per heavy atom. The van der Waals surface area contributed by atoms with E-state index in [9.17, 15) is 22.0 Å². The second-order valence-corrected chi connectivity index (χ2v) is 4.38. The number of rotatable bonds is 7. The first-order chi connectivity index (χ1) is 7.41. The van der Waals surface area contributed by atoms with Gasteiger partial charge >= 0.3 is 12.4 Å². The largest absolute Gasteiger partial charge is 0.490 e. The van der Waals surface area contributed by atoms with E-state index < -0.39 is 24.7 Å². The quantitative estimate of drug-likeness (QED) is 0.512. The van der Waals surface area contributed by atoms with Crippen LogP contribution in [0.15, 0.2) is 0 Å². The summed E-state index contributed by atoms with van der Waals surface area (Å²) in [5.41, 5.74) is -3.23. The van der Waals surface area contributed by atoms with Gasteiger partial charge in [0.25, 0.3) is 0 Å². The van der Waals surface area contributed by atoms with Crippen molar-refractivity contribution >= 4 is 0 Å². The lowest BCUT2D eigenvalue weighted by molar-refractivity contribution is -0.485. The molecule has 0 aliphatic heterocycles.